The summed E-state index contributed by atoms with van der Waals surface area (Å²) >= 11 is 0. The lowest BCUT2D eigenvalue weighted by Gasteiger charge is -2.40. The first kappa shape index (κ1) is 26.1. The summed E-state index contributed by atoms with van der Waals surface area (Å²) in [5.41, 5.74) is 1.22. The van der Waals surface area contributed by atoms with Crippen molar-refractivity contribution in [3.05, 3.63) is 36.2 Å². The van der Waals surface area contributed by atoms with E-state index in [1.165, 1.54) is 0 Å². The van der Waals surface area contributed by atoms with Crippen molar-refractivity contribution in [3.63, 3.8) is 0 Å². The van der Waals surface area contributed by atoms with Gasteiger partial charge in [-0.2, -0.15) is 13.2 Å². The molecule has 0 unspecified atom stereocenters. The SMILES string of the molecule is CC(C)CC(=O)NNC(=O)C=Cn1cnc(-c2cc(C(F)(F)F)cc(S(F)(F)(F)(F)F)c2)n1. The normalized spacial score (nSPS) is 14.8. The molecular formula is C17H17F8N5O2S. The van der Waals surface area contributed by atoms with Crippen LogP contribution in [0.1, 0.15) is 25.8 Å². The first-order valence-electron chi connectivity index (χ1n) is 8.89. The summed E-state index contributed by atoms with van der Waals surface area (Å²) < 4.78 is 105. The van der Waals surface area contributed by atoms with Crippen LogP contribution in [0.25, 0.3) is 17.6 Å². The van der Waals surface area contributed by atoms with Gasteiger partial charge in [0, 0.05) is 24.3 Å². The highest BCUT2D eigenvalue weighted by Crippen LogP contribution is 3.02. The zero-order valence-electron chi connectivity index (χ0n) is 16.8. The van der Waals surface area contributed by atoms with Gasteiger partial charge in [-0.25, -0.2) is 9.67 Å². The molecule has 0 spiro atoms. The fourth-order valence-corrected chi connectivity index (χ4v) is 3.03. The van der Waals surface area contributed by atoms with E-state index in [0.29, 0.717) is 0 Å². The molecule has 0 aliphatic carbocycles. The summed E-state index contributed by atoms with van der Waals surface area (Å²) in [4.78, 5) is 23.9. The molecule has 1 aromatic heterocycles. The van der Waals surface area contributed by atoms with E-state index < -0.39 is 56.1 Å². The topological polar surface area (TPSA) is 88.9 Å². The summed E-state index contributed by atoms with van der Waals surface area (Å²) in [6.45, 7) is 3.54. The van der Waals surface area contributed by atoms with Crippen LogP contribution in [-0.2, 0) is 15.8 Å². The lowest BCUT2D eigenvalue weighted by molar-refractivity contribution is -0.137. The zero-order chi connectivity index (χ0) is 25.3. The van der Waals surface area contributed by atoms with Gasteiger partial charge in [0.25, 0.3) is 5.91 Å². The number of halogens is 8. The van der Waals surface area contributed by atoms with E-state index in [2.05, 4.69) is 15.5 Å². The van der Waals surface area contributed by atoms with Crippen molar-refractivity contribution < 1.29 is 42.2 Å². The number of amides is 2. The lowest BCUT2D eigenvalue weighted by Crippen LogP contribution is -2.41. The third-order valence-corrected chi connectivity index (χ3v) is 4.87. The molecule has 2 rings (SSSR count). The molecular weight excluding hydrogens is 490 g/mol. The third kappa shape index (κ3) is 7.73. The van der Waals surface area contributed by atoms with Crippen LogP contribution in [0, 0.1) is 5.92 Å². The van der Waals surface area contributed by atoms with E-state index in [1.807, 2.05) is 5.43 Å². The lowest BCUT2D eigenvalue weighted by atomic mass is 10.1. The summed E-state index contributed by atoms with van der Waals surface area (Å²) in [6, 6.07) is -0.676. The molecule has 0 radical (unpaired) electrons. The molecule has 1 heterocycles. The van der Waals surface area contributed by atoms with Crippen LogP contribution in [0.2, 0.25) is 0 Å². The second kappa shape index (κ2) is 8.00. The van der Waals surface area contributed by atoms with Gasteiger partial charge < -0.3 is 0 Å². The maximum absolute atomic E-state index is 13.1. The van der Waals surface area contributed by atoms with Gasteiger partial charge in [-0.3, -0.25) is 20.4 Å². The van der Waals surface area contributed by atoms with Gasteiger partial charge in [0.15, 0.2) is 5.82 Å². The molecule has 1 aromatic carbocycles. The third-order valence-electron chi connectivity index (χ3n) is 3.74. The molecule has 0 aliphatic heterocycles. The van der Waals surface area contributed by atoms with Crippen LogP contribution in [0.15, 0.2) is 35.5 Å². The summed E-state index contributed by atoms with van der Waals surface area (Å²) in [5.74, 6) is -2.02. The fourth-order valence-electron chi connectivity index (χ4n) is 2.33. The maximum Gasteiger partial charge on any atom is 0.416 e. The Morgan fingerprint density at radius 2 is 1.73 bits per heavy atom. The van der Waals surface area contributed by atoms with Gasteiger partial charge in [-0.1, -0.05) is 33.3 Å². The Morgan fingerprint density at radius 3 is 2.27 bits per heavy atom. The molecule has 2 amide bonds. The largest absolute Gasteiger partial charge is 0.416 e. The Kier molecular flexibility index (Phi) is 6.32. The highest BCUT2D eigenvalue weighted by molar-refractivity contribution is 8.45. The first-order valence-corrected chi connectivity index (χ1v) is 10.8. The molecule has 33 heavy (non-hydrogen) atoms. The van der Waals surface area contributed by atoms with E-state index in [1.54, 1.807) is 13.8 Å². The van der Waals surface area contributed by atoms with Crippen molar-refractivity contribution >= 4 is 28.2 Å². The summed E-state index contributed by atoms with van der Waals surface area (Å²) in [6.07, 6.45) is -2.67. The molecule has 0 fully saturated rings. The highest BCUT2D eigenvalue weighted by atomic mass is 32.5. The number of hydrogen-bond acceptors (Lipinski definition) is 4. The van der Waals surface area contributed by atoms with Crippen molar-refractivity contribution in [1.29, 1.82) is 0 Å². The molecule has 7 nitrogen and oxygen atoms in total. The minimum Gasteiger partial charge on any atom is -0.273 e. The molecule has 0 saturated carbocycles. The monoisotopic (exact) mass is 507 g/mol. The van der Waals surface area contributed by atoms with Crippen LogP contribution in [-0.4, -0.2) is 26.6 Å². The molecule has 16 heteroatoms. The maximum atomic E-state index is 13.1. The van der Waals surface area contributed by atoms with Gasteiger partial charge in [0.05, 0.1) is 5.56 Å². The molecule has 0 bridgehead atoms. The number of benzene rings is 1. The van der Waals surface area contributed by atoms with Gasteiger partial charge >= 0.3 is 16.4 Å². The number of alkyl halides is 3. The number of aromatic nitrogens is 3. The number of nitrogens with zero attached hydrogens (tertiary/aromatic N) is 3. The Hall–Kier alpha value is -3.17. The van der Waals surface area contributed by atoms with Crippen molar-refractivity contribution in [1.82, 2.24) is 25.6 Å². The summed E-state index contributed by atoms with van der Waals surface area (Å²) in [7, 11) is -10.4. The number of hydrogen-bond donors (Lipinski definition) is 2. The Bertz CT molecular complexity index is 1090. The van der Waals surface area contributed by atoms with Crippen LogP contribution in [0.5, 0.6) is 0 Å². The quantitative estimate of drug-likeness (QED) is 0.316. The second-order valence-corrected chi connectivity index (χ2v) is 9.62. The molecule has 0 aliphatic rings. The standard InChI is InChI=1S/C17H17F8N5O2S/c1-10(2)5-15(32)28-27-14(31)3-4-30-9-26-16(29-30)11-6-12(17(18,19)20)8-13(7-11)33(21,22,23,24)25/h3-4,6-10H,5H2,1-2H3,(H,27,31)(H,28,32). The van der Waals surface area contributed by atoms with Gasteiger partial charge in [0.1, 0.15) is 11.2 Å². The average molecular weight is 507 g/mol. The Labute approximate surface area is 181 Å². The van der Waals surface area contributed by atoms with E-state index in [-0.39, 0.29) is 24.5 Å². The minimum atomic E-state index is -10.4. The number of rotatable bonds is 6. The zero-order valence-corrected chi connectivity index (χ0v) is 17.7. The van der Waals surface area contributed by atoms with Crippen molar-refractivity contribution in [2.75, 3.05) is 0 Å². The van der Waals surface area contributed by atoms with E-state index in [0.717, 1.165) is 23.3 Å². The van der Waals surface area contributed by atoms with Gasteiger partial charge in [0.2, 0.25) is 5.91 Å². The number of nitrogens with one attached hydrogen (secondary N) is 2. The van der Waals surface area contributed by atoms with Crippen LogP contribution < -0.4 is 10.9 Å². The molecule has 2 N–H and O–H groups in total. The highest BCUT2D eigenvalue weighted by Gasteiger charge is 2.66. The van der Waals surface area contributed by atoms with E-state index >= 15 is 0 Å². The van der Waals surface area contributed by atoms with E-state index in [9.17, 15) is 42.2 Å². The average Bonchev–Trinajstić information content (AvgIpc) is 3.10. The molecule has 184 valence electrons. The predicted molar refractivity (Wildman–Crippen MR) is 103 cm³/mol. The number of hydrazine groups is 1. The predicted octanol–water partition coefficient (Wildman–Crippen LogP) is 5.29. The van der Waals surface area contributed by atoms with Crippen molar-refractivity contribution in [2.45, 2.75) is 31.3 Å². The van der Waals surface area contributed by atoms with Crippen LogP contribution >= 0.6 is 10.2 Å². The number of carbonyl (C=O) groups excluding carboxylic acids is 2. The number of carbonyl (C=O) groups is 2. The summed E-state index contributed by atoms with van der Waals surface area (Å²) in [5, 5.41) is 3.56. The smallest absolute Gasteiger partial charge is 0.273 e. The Balaban J connectivity index is 2.28. The van der Waals surface area contributed by atoms with Crippen molar-refractivity contribution in [3.8, 4) is 11.4 Å². The fraction of sp³-hybridized carbons (Fsp3) is 0.294. The van der Waals surface area contributed by atoms with Crippen LogP contribution in [0.3, 0.4) is 0 Å². The first-order chi connectivity index (χ1) is 14.7. The molecule has 0 atom stereocenters. The van der Waals surface area contributed by atoms with Gasteiger partial charge in [-0.05, 0) is 24.1 Å². The molecule has 0 saturated heterocycles. The van der Waals surface area contributed by atoms with Crippen molar-refractivity contribution in [2.24, 2.45) is 5.92 Å². The molecule has 2 aromatic rings. The van der Waals surface area contributed by atoms with E-state index in [4.69, 9.17) is 0 Å². The minimum absolute atomic E-state index is 0.0292. The van der Waals surface area contributed by atoms with Crippen LogP contribution in [0.4, 0.5) is 32.6 Å². The second-order valence-electron chi connectivity index (χ2n) is 7.21. The van der Waals surface area contributed by atoms with Gasteiger partial charge in [-0.15, -0.1) is 5.10 Å². The Morgan fingerprint density at radius 1 is 1.09 bits per heavy atom.